The first kappa shape index (κ1) is 19.9. The molecule has 2 amide bonds. The molecule has 1 aromatic heterocycles. The van der Waals surface area contributed by atoms with Crippen LogP contribution in [0.15, 0.2) is 12.3 Å². The third kappa shape index (κ3) is 3.61. The second kappa shape index (κ2) is 7.62. The average Bonchev–Trinajstić information content (AvgIpc) is 3.17. The fraction of sp³-hybridized carbons (Fsp3) is 0.750. The minimum absolute atomic E-state index is 0.0179. The Morgan fingerprint density at radius 2 is 2.07 bits per heavy atom. The Morgan fingerprint density at radius 3 is 2.74 bits per heavy atom. The number of aliphatic hydroxyl groups is 1. The molecule has 2 fully saturated rings. The van der Waals surface area contributed by atoms with Crippen LogP contribution in [-0.4, -0.2) is 56.3 Å². The third-order valence-corrected chi connectivity index (χ3v) is 6.39. The van der Waals surface area contributed by atoms with E-state index in [0.717, 1.165) is 25.7 Å². The van der Waals surface area contributed by atoms with Gasteiger partial charge in [-0.2, -0.15) is 5.10 Å². The molecule has 4 atom stereocenters. The van der Waals surface area contributed by atoms with Crippen molar-refractivity contribution in [1.82, 2.24) is 20.0 Å². The van der Waals surface area contributed by atoms with Gasteiger partial charge in [0.25, 0.3) is 5.91 Å². The normalized spacial score (nSPS) is 30.9. The molecule has 0 radical (unpaired) electrons. The second-order valence-electron chi connectivity index (χ2n) is 8.57. The van der Waals surface area contributed by atoms with Gasteiger partial charge >= 0.3 is 0 Å². The molecule has 1 saturated heterocycles. The van der Waals surface area contributed by atoms with Crippen molar-refractivity contribution >= 4 is 11.8 Å². The fourth-order valence-corrected chi connectivity index (χ4v) is 5.00. The number of hydrogen-bond donors (Lipinski definition) is 2. The molecule has 1 saturated carbocycles. The Balaban J connectivity index is 1.75. The number of likely N-dealkylation sites (tertiary alicyclic amines) is 1. The van der Waals surface area contributed by atoms with Crippen LogP contribution >= 0.6 is 0 Å². The van der Waals surface area contributed by atoms with Gasteiger partial charge in [-0.15, -0.1) is 0 Å². The molecule has 7 nitrogen and oxygen atoms in total. The second-order valence-corrected chi connectivity index (χ2v) is 8.57. The molecule has 0 bridgehead atoms. The lowest BCUT2D eigenvalue weighted by Crippen LogP contribution is -2.48. The molecule has 2 aliphatic rings. The van der Waals surface area contributed by atoms with Gasteiger partial charge in [0.2, 0.25) is 5.91 Å². The number of fused-ring (bicyclic) bond motifs is 1. The van der Waals surface area contributed by atoms with Gasteiger partial charge in [0.05, 0.1) is 12.1 Å². The predicted molar refractivity (Wildman–Crippen MR) is 102 cm³/mol. The van der Waals surface area contributed by atoms with Crippen LogP contribution in [0.25, 0.3) is 0 Å². The van der Waals surface area contributed by atoms with E-state index in [0.29, 0.717) is 18.7 Å². The molecular formula is C20H32N4O3. The van der Waals surface area contributed by atoms with E-state index in [4.69, 9.17) is 0 Å². The molecule has 0 unspecified atom stereocenters. The summed E-state index contributed by atoms with van der Waals surface area (Å²) in [6.45, 7) is 8.04. The van der Waals surface area contributed by atoms with Crippen LogP contribution in [0.2, 0.25) is 0 Å². The summed E-state index contributed by atoms with van der Waals surface area (Å²) < 4.78 is 1.70. The molecule has 1 aliphatic heterocycles. The van der Waals surface area contributed by atoms with Gasteiger partial charge in [-0.25, -0.2) is 0 Å². The van der Waals surface area contributed by atoms with E-state index < -0.39 is 6.10 Å². The van der Waals surface area contributed by atoms with E-state index in [1.54, 1.807) is 23.9 Å². The molecule has 2 heterocycles. The summed E-state index contributed by atoms with van der Waals surface area (Å²) in [6.07, 6.45) is 5.65. The van der Waals surface area contributed by atoms with Gasteiger partial charge in [-0.3, -0.25) is 14.3 Å². The number of hydrogen-bond acceptors (Lipinski definition) is 4. The molecule has 2 N–H and O–H groups in total. The summed E-state index contributed by atoms with van der Waals surface area (Å²) in [5.74, 6) is -0.160. The van der Waals surface area contributed by atoms with Gasteiger partial charge < -0.3 is 15.3 Å². The van der Waals surface area contributed by atoms with Crippen molar-refractivity contribution in [1.29, 1.82) is 0 Å². The highest BCUT2D eigenvalue weighted by Crippen LogP contribution is 2.48. The number of carbonyl (C=O) groups excluding carboxylic acids is 2. The highest BCUT2D eigenvalue weighted by molar-refractivity contribution is 5.92. The van der Waals surface area contributed by atoms with E-state index in [1.807, 2.05) is 18.7 Å². The number of nitrogens with one attached hydrogen (secondary N) is 1. The fourth-order valence-electron chi connectivity index (χ4n) is 5.00. The molecule has 0 spiro atoms. The minimum atomic E-state index is -0.407. The van der Waals surface area contributed by atoms with Crippen molar-refractivity contribution in [2.45, 2.75) is 84.0 Å². The first-order valence-corrected chi connectivity index (χ1v) is 10.0. The molecule has 7 heteroatoms. The first-order chi connectivity index (χ1) is 12.8. The topological polar surface area (TPSA) is 87.5 Å². The van der Waals surface area contributed by atoms with Crippen molar-refractivity contribution in [3.63, 3.8) is 0 Å². The highest BCUT2D eigenvalue weighted by atomic mass is 16.3. The quantitative estimate of drug-likeness (QED) is 0.843. The Hall–Kier alpha value is -1.89. The summed E-state index contributed by atoms with van der Waals surface area (Å²) >= 11 is 0. The van der Waals surface area contributed by atoms with Crippen LogP contribution in [0.5, 0.6) is 0 Å². The SMILES string of the molecule is CC(=O)N1[C@@H](CNC(=O)c2ccnn2C(C)C)C[C@@]2(C)[C@@H](O)CCCC[C@@H]12. The minimum Gasteiger partial charge on any atom is -0.392 e. The lowest BCUT2D eigenvalue weighted by Gasteiger charge is -2.37. The average molecular weight is 377 g/mol. The zero-order valence-corrected chi connectivity index (χ0v) is 16.8. The number of aromatic nitrogens is 2. The zero-order chi connectivity index (χ0) is 19.8. The number of carbonyl (C=O) groups is 2. The smallest absolute Gasteiger partial charge is 0.269 e. The Labute approximate surface area is 161 Å². The van der Waals surface area contributed by atoms with Crippen LogP contribution in [0, 0.1) is 5.41 Å². The summed E-state index contributed by atoms with van der Waals surface area (Å²) in [7, 11) is 0. The lowest BCUT2D eigenvalue weighted by atomic mass is 9.75. The Morgan fingerprint density at radius 1 is 1.37 bits per heavy atom. The maximum atomic E-state index is 12.7. The highest BCUT2D eigenvalue weighted by Gasteiger charge is 2.54. The van der Waals surface area contributed by atoms with E-state index in [-0.39, 0.29) is 35.4 Å². The Bertz CT molecular complexity index is 701. The van der Waals surface area contributed by atoms with Gasteiger partial charge in [0, 0.05) is 37.2 Å². The van der Waals surface area contributed by atoms with Gasteiger partial charge in [0.1, 0.15) is 5.69 Å². The lowest BCUT2D eigenvalue weighted by molar-refractivity contribution is -0.133. The van der Waals surface area contributed by atoms with Crippen LogP contribution < -0.4 is 5.32 Å². The molecular weight excluding hydrogens is 344 g/mol. The number of rotatable bonds is 4. The van der Waals surface area contributed by atoms with E-state index in [1.165, 1.54) is 0 Å². The molecule has 0 aromatic carbocycles. The van der Waals surface area contributed by atoms with E-state index in [9.17, 15) is 14.7 Å². The van der Waals surface area contributed by atoms with Crippen molar-refractivity contribution in [2.24, 2.45) is 5.41 Å². The predicted octanol–water partition coefficient (Wildman–Crippen LogP) is 2.12. The van der Waals surface area contributed by atoms with Crippen LogP contribution in [0.1, 0.15) is 76.3 Å². The molecule has 3 rings (SSSR count). The monoisotopic (exact) mass is 376 g/mol. The standard InChI is InChI=1S/C20H32N4O3/c1-13(2)24-16(9-10-22-24)19(27)21-12-15-11-20(4)17(23(15)14(3)25)7-5-6-8-18(20)26/h9-10,13,15,17-18,26H,5-8,11-12H2,1-4H3,(H,21,27)/t15-,17-,18+,20-/m1/s1. The summed E-state index contributed by atoms with van der Waals surface area (Å²) in [6, 6.07) is 1.75. The number of amides is 2. The molecule has 1 aromatic rings. The third-order valence-electron chi connectivity index (χ3n) is 6.39. The maximum Gasteiger partial charge on any atom is 0.269 e. The van der Waals surface area contributed by atoms with Gasteiger partial charge in [-0.1, -0.05) is 19.8 Å². The zero-order valence-electron chi connectivity index (χ0n) is 16.8. The largest absolute Gasteiger partial charge is 0.392 e. The first-order valence-electron chi connectivity index (χ1n) is 10.0. The van der Waals surface area contributed by atoms with Crippen molar-refractivity contribution < 1.29 is 14.7 Å². The summed E-state index contributed by atoms with van der Waals surface area (Å²) in [5, 5.41) is 17.9. The number of aliphatic hydroxyl groups excluding tert-OH is 1. The summed E-state index contributed by atoms with van der Waals surface area (Å²) in [5.41, 5.74) is 0.218. The van der Waals surface area contributed by atoms with Crippen LogP contribution in [-0.2, 0) is 4.79 Å². The summed E-state index contributed by atoms with van der Waals surface area (Å²) in [4.78, 5) is 27.0. The van der Waals surface area contributed by atoms with E-state index in [2.05, 4.69) is 17.3 Å². The molecule has 1 aliphatic carbocycles. The van der Waals surface area contributed by atoms with Gasteiger partial charge in [0.15, 0.2) is 0 Å². The number of nitrogens with zero attached hydrogens (tertiary/aromatic N) is 3. The molecule has 150 valence electrons. The van der Waals surface area contributed by atoms with Crippen molar-refractivity contribution in [2.75, 3.05) is 6.54 Å². The van der Waals surface area contributed by atoms with Crippen LogP contribution in [0.4, 0.5) is 0 Å². The van der Waals surface area contributed by atoms with Crippen molar-refractivity contribution in [3.8, 4) is 0 Å². The Kier molecular flexibility index (Phi) is 5.60. The molecule has 27 heavy (non-hydrogen) atoms. The van der Waals surface area contributed by atoms with Gasteiger partial charge in [-0.05, 0) is 39.2 Å². The maximum absolute atomic E-state index is 12.7. The van der Waals surface area contributed by atoms with Crippen LogP contribution in [0.3, 0.4) is 0 Å². The van der Waals surface area contributed by atoms with E-state index >= 15 is 0 Å². The van der Waals surface area contributed by atoms with Crippen molar-refractivity contribution in [3.05, 3.63) is 18.0 Å².